The van der Waals surface area contributed by atoms with Crippen molar-refractivity contribution in [3.05, 3.63) is 29.8 Å². The molecule has 0 aromatic heterocycles. The molecule has 0 N–H and O–H groups in total. The van der Waals surface area contributed by atoms with E-state index in [2.05, 4.69) is 11.0 Å². The Bertz CT molecular complexity index is 539. The fourth-order valence-electron chi connectivity index (χ4n) is 4.08. The van der Waals surface area contributed by atoms with Crippen LogP contribution in [0.1, 0.15) is 44.1 Å². The Morgan fingerprint density at radius 2 is 2.08 bits per heavy atom. The van der Waals surface area contributed by atoms with Crippen LogP contribution in [0.3, 0.4) is 0 Å². The van der Waals surface area contributed by atoms with Crippen molar-refractivity contribution in [1.29, 1.82) is 0 Å². The van der Waals surface area contributed by atoms with Gasteiger partial charge in [-0.15, -0.1) is 0 Å². The van der Waals surface area contributed by atoms with E-state index >= 15 is 0 Å². The monoisotopic (exact) mass is 331 g/mol. The van der Waals surface area contributed by atoms with E-state index in [0.29, 0.717) is 24.3 Å². The van der Waals surface area contributed by atoms with Crippen LogP contribution in [0.15, 0.2) is 24.3 Å². The van der Waals surface area contributed by atoms with Gasteiger partial charge in [0.15, 0.2) is 0 Å². The lowest BCUT2D eigenvalue weighted by Crippen LogP contribution is -2.48. The highest BCUT2D eigenvalue weighted by Gasteiger charge is 2.33. The zero-order chi connectivity index (χ0) is 16.8. The van der Waals surface area contributed by atoms with Gasteiger partial charge in [-0.2, -0.15) is 0 Å². The number of benzene rings is 1. The van der Waals surface area contributed by atoms with Gasteiger partial charge in [-0.25, -0.2) is 0 Å². The van der Waals surface area contributed by atoms with Gasteiger partial charge in [0, 0.05) is 32.2 Å². The summed E-state index contributed by atoms with van der Waals surface area (Å²) in [4.78, 5) is 15.0. The molecule has 132 valence electrons. The van der Waals surface area contributed by atoms with Gasteiger partial charge in [-0.1, -0.05) is 12.1 Å². The first kappa shape index (κ1) is 17.3. The molecule has 1 aromatic rings. The number of likely N-dealkylation sites (tertiary alicyclic amines) is 1. The average molecular weight is 331 g/mol. The topological polar surface area (TPSA) is 38.8 Å². The number of amides is 1. The first-order valence-electron chi connectivity index (χ1n) is 9.28. The molecule has 1 atom stereocenters. The summed E-state index contributed by atoms with van der Waals surface area (Å²) in [6, 6.07) is 8.46. The first-order valence-corrected chi connectivity index (χ1v) is 9.28. The van der Waals surface area contributed by atoms with Gasteiger partial charge in [0.25, 0.3) is 0 Å². The number of nitrogens with zero attached hydrogens (tertiary/aromatic N) is 1. The quantitative estimate of drug-likeness (QED) is 0.830. The number of rotatable bonds is 5. The maximum Gasteiger partial charge on any atom is 0.223 e. The van der Waals surface area contributed by atoms with Crippen LogP contribution in [0.2, 0.25) is 0 Å². The molecule has 4 nitrogen and oxygen atoms in total. The van der Waals surface area contributed by atoms with E-state index in [9.17, 15) is 4.79 Å². The SMILES string of the molecule is COc1cccc(CCC(=O)N2CCCCC2C2CCOCC2)c1. The molecule has 2 aliphatic rings. The molecule has 24 heavy (non-hydrogen) atoms. The predicted octanol–water partition coefficient (Wildman–Crippen LogP) is 3.44. The van der Waals surface area contributed by atoms with Gasteiger partial charge in [-0.3, -0.25) is 4.79 Å². The molecular weight excluding hydrogens is 302 g/mol. The Morgan fingerprint density at radius 1 is 1.25 bits per heavy atom. The second kappa shape index (κ2) is 8.52. The molecule has 0 aliphatic carbocycles. The van der Waals surface area contributed by atoms with Crippen molar-refractivity contribution in [2.75, 3.05) is 26.9 Å². The maximum atomic E-state index is 12.8. The third-order valence-electron chi connectivity index (χ3n) is 5.44. The van der Waals surface area contributed by atoms with Crippen molar-refractivity contribution in [2.24, 2.45) is 5.92 Å². The molecule has 0 spiro atoms. The number of carbonyl (C=O) groups is 1. The maximum absolute atomic E-state index is 12.8. The smallest absolute Gasteiger partial charge is 0.223 e. The Hall–Kier alpha value is -1.55. The first-order chi connectivity index (χ1) is 11.8. The summed E-state index contributed by atoms with van der Waals surface area (Å²) in [6.07, 6.45) is 7.14. The van der Waals surface area contributed by atoms with E-state index in [0.717, 1.165) is 57.6 Å². The van der Waals surface area contributed by atoms with Crippen LogP contribution in [0.5, 0.6) is 5.75 Å². The molecular formula is C20H29NO3. The minimum atomic E-state index is 0.314. The number of piperidine rings is 1. The van der Waals surface area contributed by atoms with Crippen LogP contribution >= 0.6 is 0 Å². The molecule has 1 amide bonds. The molecule has 2 heterocycles. The zero-order valence-corrected chi connectivity index (χ0v) is 14.7. The lowest BCUT2D eigenvalue weighted by Gasteiger charge is -2.42. The molecule has 0 saturated carbocycles. The Kier molecular flexibility index (Phi) is 6.13. The number of ether oxygens (including phenoxy) is 2. The third-order valence-corrected chi connectivity index (χ3v) is 5.44. The Morgan fingerprint density at radius 3 is 2.88 bits per heavy atom. The molecule has 2 fully saturated rings. The lowest BCUT2D eigenvalue weighted by molar-refractivity contribution is -0.137. The van der Waals surface area contributed by atoms with Crippen molar-refractivity contribution in [2.45, 2.75) is 51.0 Å². The lowest BCUT2D eigenvalue weighted by atomic mass is 9.85. The molecule has 0 bridgehead atoms. The van der Waals surface area contributed by atoms with Crippen LogP contribution in [0, 0.1) is 5.92 Å². The molecule has 3 rings (SSSR count). The van der Waals surface area contributed by atoms with E-state index in [-0.39, 0.29) is 0 Å². The second-order valence-electron chi connectivity index (χ2n) is 6.95. The highest BCUT2D eigenvalue weighted by molar-refractivity contribution is 5.77. The van der Waals surface area contributed by atoms with E-state index < -0.39 is 0 Å². The third kappa shape index (κ3) is 4.29. The van der Waals surface area contributed by atoms with E-state index in [1.165, 1.54) is 12.0 Å². The Labute approximate surface area is 145 Å². The van der Waals surface area contributed by atoms with Gasteiger partial charge in [0.2, 0.25) is 5.91 Å². The number of aryl methyl sites for hydroxylation is 1. The van der Waals surface area contributed by atoms with Crippen LogP contribution in [0.25, 0.3) is 0 Å². The average Bonchev–Trinajstić information content (AvgIpc) is 2.67. The largest absolute Gasteiger partial charge is 0.497 e. The molecule has 1 aromatic carbocycles. The summed E-state index contributed by atoms with van der Waals surface area (Å²) in [6.45, 7) is 2.64. The molecule has 2 aliphatic heterocycles. The van der Waals surface area contributed by atoms with E-state index in [1.807, 2.05) is 18.2 Å². The molecule has 2 saturated heterocycles. The highest BCUT2D eigenvalue weighted by atomic mass is 16.5. The highest BCUT2D eigenvalue weighted by Crippen LogP contribution is 2.30. The number of methoxy groups -OCH3 is 1. The minimum absolute atomic E-state index is 0.314. The summed E-state index contributed by atoms with van der Waals surface area (Å²) in [7, 11) is 1.68. The fourth-order valence-corrected chi connectivity index (χ4v) is 4.08. The van der Waals surface area contributed by atoms with Gasteiger partial charge >= 0.3 is 0 Å². The van der Waals surface area contributed by atoms with Crippen molar-refractivity contribution < 1.29 is 14.3 Å². The fraction of sp³-hybridized carbons (Fsp3) is 0.650. The number of hydrogen-bond donors (Lipinski definition) is 0. The van der Waals surface area contributed by atoms with Gasteiger partial charge in [0.1, 0.15) is 5.75 Å². The number of hydrogen-bond acceptors (Lipinski definition) is 3. The summed E-state index contributed by atoms with van der Waals surface area (Å²) < 4.78 is 10.8. The molecule has 4 heteroatoms. The van der Waals surface area contributed by atoms with Crippen LogP contribution in [-0.4, -0.2) is 43.7 Å². The zero-order valence-electron chi connectivity index (χ0n) is 14.7. The van der Waals surface area contributed by atoms with Crippen LogP contribution < -0.4 is 4.74 Å². The normalized spacial score (nSPS) is 22.4. The standard InChI is InChI=1S/C20H29NO3/c1-23-18-6-4-5-16(15-18)8-9-20(22)21-12-3-2-7-19(21)17-10-13-24-14-11-17/h4-6,15,17,19H,2-3,7-14H2,1H3. The van der Waals surface area contributed by atoms with E-state index in [1.54, 1.807) is 7.11 Å². The summed E-state index contributed by atoms with van der Waals surface area (Å²) >= 11 is 0. The number of carbonyl (C=O) groups excluding carboxylic acids is 1. The van der Waals surface area contributed by atoms with Crippen LogP contribution in [0.4, 0.5) is 0 Å². The minimum Gasteiger partial charge on any atom is -0.497 e. The van der Waals surface area contributed by atoms with Gasteiger partial charge in [0.05, 0.1) is 7.11 Å². The summed E-state index contributed by atoms with van der Waals surface area (Å²) in [5.41, 5.74) is 1.17. The van der Waals surface area contributed by atoms with Crippen molar-refractivity contribution in [1.82, 2.24) is 4.90 Å². The Balaban J connectivity index is 1.59. The van der Waals surface area contributed by atoms with Crippen molar-refractivity contribution >= 4 is 5.91 Å². The van der Waals surface area contributed by atoms with Crippen LogP contribution in [-0.2, 0) is 16.0 Å². The molecule has 0 radical (unpaired) electrons. The molecule has 1 unspecified atom stereocenters. The van der Waals surface area contributed by atoms with Crippen molar-refractivity contribution in [3.8, 4) is 5.75 Å². The summed E-state index contributed by atoms with van der Waals surface area (Å²) in [5.74, 6) is 1.80. The van der Waals surface area contributed by atoms with E-state index in [4.69, 9.17) is 9.47 Å². The summed E-state index contributed by atoms with van der Waals surface area (Å²) in [5, 5.41) is 0. The van der Waals surface area contributed by atoms with Crippen molar-refractivity contribution in [3.63, 3.8) is 0 Å². The predicted molar refractivity (Wildman–Crippen MR) is 94.2 cm³/mol. The van der Waals surface area contributed by atoms with Gasteiger partial charge < -0.3 is 14.4 Å². The van der Waals surface area contributed by atoms with Gasteiger partial charge in [-0.05, 0) is 62.1 Å². The second-order valence-corrected chi connectivity index (χ2v) is 6.95.